The van der Waals surface area contributed by atoms with E-state index in [9.17, 15) is 18.7 Å². The summed E-state index contributed by atoms with van der Waals surface area (Å²) >= 11 is 0. The van der Waals surface area contributed by atoms with E-state index in [1.807, 2.05) is 6.07 Å². The van der Waals surface area contributed by atoms with Crippen LogP contribution in [0.1, 0.15) is 44.4 Å². The first-order valence-corrected chi connectivity index (χ1v) is 11.6. The van der Waals surface area contributed by atoms with Crippen LogP contribution in [0, 0.1) is 17.0 Å². The molecule has 1 aromatic heterocycles. The van der Waals surface area contributed by atoms with Gasteiger partial charge in [-0.05, 0) is 47.1 Å². The maximum atomic E-state index is 13.6. The molecular formula is C27H33F2N3O3. The second kappa shape index (κ2) is 11.6. The van der Waals surface area contributed by atoms with E-state index in [4.69, 9.17) is 4.42 Å². The number of rotatable bonds is 10. The molecule has 0 fully saturated rings. The van der Waals surface area contributed by atoms with Crippen LogP contribution >= 0.6 is 0 Å². The van der Waals surface area contributed by atoms with E-state index in [-0.39, 0.29) is 24.3 Å². The molecule has 3 aromatic rings. The number of nitrogens with zero attached hydrogens (tertiary/aromatic N) is 1. The Morgan fingerprint density at radius 3 is 2.43 bits per heavy atom. The van der Waals surface area contributed by atoms with Gasteiger partial charge in [-0.3, -0.25) is 4.79 Å². The number of amides is 1. The van der Waals surface area contributed by atoms with E-state index in [2.05, 4.69) is 48.5 Å². The first kappa shape index (κ1) is 26.5. The molecule has 8 heteroatoms. The Bertz CT molecular complexity index is 1110. The second-order valence-electron chi connectivity index (χ2n) is 10.1. The van der Waals surface area contributed by atoms with Crippen molar-refractivity contribution in [1.82, 2.24) is 15.6 Å². The van der Waals surface area contributed by atoms with Crippen molar-refractivity contribution >= 4 is 5.91 Å². The van der Waals surface area contributed by atoms with E-state index in [0.29, 0.717) is 17.9 Å². The lowest BCUT2D eigenvalue weighted by Gasteiger charge is -2.25. The summed E-state index contributed by atoms with van der Waals surface area (Å²) in [5.41, 5.74) is 3.54. The predicted molar refractivity (Wildman–Crippen MR) is 130 cm³/mol. The molecule has 0 aliphatic heterocycles. The standard InChI is InChI=1S/C27H33F2N3O3/c1-17(33)32-24(10-19-8-21(28)11-22(29)9-19)25(34)14-30-13-20-7-18(12-27(2,3)4)5-6-23(20)26-15-31-16-35-26/h5-9,11,15-16,24-25,30,34H,10,12-14H2,1-4H3,(H,32,33)/t24-,25+/m0/s1. The largest absolute Gasteiger partial charge is 0.444 e. The van der Waals surface area contributed by atoms with E-state index in [1.54, 1.807) is 6.20 Å². The highest BCUT2D eigenvalue weighted by molar-refractivity contribution is 5.73. The van der Waals surface area contributed by atoms with Gasteiger partial charge in [-0.25, -0.2) is 13.8 Å². The summed E-state index contributed by atoms with van der Waals surface area (Å²) in [6.45, 7) is 8.47. The summed E-state index contributed by atoms with van der Waals surface area (Å²) in [4.78, 5) is 15.7. The topological polar surface area (TPSA) is 87.4 Å². The van der Waals surface area contributed by atoms with Crippen molar-refractivity contribution in [3.63, 3.8) is 0 Å². The molecule has 1 amide bonds. The van der Waals surface area contributed by atoms with Crippen LogP contribution in [0.2, 0.25) is 0 Å². The number of hydrogen-bond donors (Lipinski definition) is 3. The molecule has 0 saturated heterocycles. The van der Waals surface area contributed by atoms with Gasteiger partial charge in [0.15, 0.2) is 12.2 Å². The normalized spacial score (nSPS) is 13.5. The van der Waals surface area contributed by atoms with Crippen LogP contribution in [0.25, 0.3) is 11.3 Å². The van der Waals surface area contributed by atoms with Gasteiger partial charge in [0.05, 0.1) is 18.3 Å². The Kier molecular flexibility index (Phi) is 8.75. The Morgan fingerprint density at radius 2 is 1.83 bits per heavy atom. The minimum Gasteiger partial charge on any atom is -0.444 e. The lowest BCUT2D eigenvalue weighted by atomic mass is 9.87. The van der Waals surface area contributed by atoms with Gasteiger partial charge in [-0.2, -0.15) is 0 Å². The van der Waals surface area contributed by atoms with Crippen molar-refractivity contribution in [2.24, 2.45) is 5.41 Å². The lowest BCUT2D eigenvalue weighted by Crippen LogP contribution is -2.48. The highest BCUT2D eigenvalue weighted by Crippen LogP contribution is 2.28. The molecular weight excluding hydrogens is 452 g/mol. The molecule has 0 unspecified atom stereocenters. The third-order valence-electron chi connectivity index (χ3n) is 5.50. The van der Waals surface area contributed by atoms with Crippen LogP contribution in [-0.2, 0) is 24.2 Å². The summed E-state index contributed by atoms with van der Waals surface area (Å²) < 4.78 is 32.7. The highest BCUT2D eigenvalue weighted by atomic mass is 19.1. The van der Waals surface area contributed by atoms with Crippen molar-refractivity contribution in [1.29, 1.82) is 0 Å². The zero-order valence-electron chi connectivity index (χ0n) is 20.6. The van der Waals surface area contributed by atoms with Gasteiger partial charge in [0.25, 0.3) is 0 Å². The van der Waals surface area contributed by atoms with Crippen LogP contribution in [0.4, 0.5) is 8.78 Å². The van der Waals surface area contributed by atoms with Gasteiger partial charge in [-0.1, -0.05) is 39.0 Å². The molecule has 3 N–H and O–H groups in total. The fourth-order valence-electron chi connectivity index (χ4n) is 4.13. The number of aliphatic hydroxyl groups excluding tert-OH is 1. The number of hydrogen-bond acceptors (Lipinski definition) is 5. The monoisotopic (exact) mass is 485 g/mol. The molecule has 0 aliphatic carbocycles. The molecule has 0 bridgehead atoms. The molecule has 2 aromatic carbocycles. The molecule has 0 aliphatic rings. The van der Waals surface area contributed by atoms with Crippen LogP contribution in [0.3, 0.4) is 0 Å². The fraction of sp³-hybridized carbons (Fsp3) is 0.407. The van der Waals surface area contributed by atoms with Gasteiger partial charge in [-0.15, -0.1) is 0 Å². The van der Waals surface area contributed by atoms with Gasteiger partial charge >= 0.3 is 0 Å². The fourth-order valence-corrected chi connectivity index (χ4v) is 4.13. The molecule has 3 rings (SSSR count). The van der Waals surface area contributed by atoms with Gasteiger partial charge in [0.2, 0.25) is 5.91 Å². The average molecular weight is 486 g/mol. The van der Waals surface area contributed by atoms with Gasteiger partial charge in [0, 0.05) is 31.6 Å². The molecule has 0 saturated carbocycles. The quantitative estimate of drug-likeness (QED) is 0.396. The molecule has 1 heterocycles. The molecule has 35 heavy (non-hydrogen) atoms. The van der Waals surface area contributed by atoms with Crippen molar-refractivity contribution in [2.75, 3.05) is 6.54 Å². The Balaban J connectivity index is 1.72. The SMILES string of the molecule is CC(=O)N[C@@H](Cc1cc(F)cc(F)c1)[C@H](O)CNCc1cc(CC(C)(C)C)ccc1-c1cnco1. The summed E-state index contributed by atoms with van der Waals surface area (Å²) in [5, 5.41) is 16.7. The van der Waals surface area contributed by atoms with Crippen molar-refractivity contribution < 1.29 is 23.1 Å². The smallest absolute Gasteiger partial charge is 0.217 e. The highest BCUT2D eigenvalue weighted by Gasteiger charge is 2.22. The minimum absolute atomic E-state index is 0.0848. The minimum atomic E-state index is -0.989. The van der Waals surface area contributed by atoms with E-state index < -0.39 is 23.8 Å². The third-order valence-corrected chi connectivity index (χ3v) is 5.50. The Hall–Kier alpha value is -3.10. The molecule has 188 valence electrons. The van der Waals surface area contributed by atoms with Crippen LogP contribution in [0.5, 0.6) is 0 Å². The Labute approximate surface area is 204 Å². The zero-order chi connectivity index (χ0) is 25.6. The molecule has 0 radical (unpaired) electrons. The zero-order valence-corrected chi connectivity index (χ0v) is 20.6. The maximum absolute atomic E-state index is 13.6. The van der Waals surface area contributed by atoms with Gasteiger partial charge < -0.3 is 20.2 Å². The van der Waals surface area contributed by atoms with Crippen molar-refractivity contribution in [3.8, 4) is 11.3 Å². The first-order valence-electron chi connectivity index (χ1n) is 11.6. The number of aliphatic hydroxyl groups is 1. The predicted octanol–water partition coefficient (Wildman–Crippen LogP) is 4.41. The number of aromatic nitrogens is 1. The number of oxazole rings is 1. The number of nitrogens with one attached hydrogen (secondary N) is 2. The number of carbonyl (C=O) groups excluding carboxylic acids is 1. The second-order valence-corrected chi connectivity index (χ2v) is 10.1. The van der Waals surface area contributed by atoms with E-state index in [1.165, 1.54) is 31.0 Å². The third kappa shape index (κ3) is 8.26. The number of carbonyl (C=O) groups is 1. The lowest BCUT2D eigenvalue weighted by molar-refractivity contribution is -0.120. The van der Waals surface area contributed by atoms with Crippen molar-refractivity contribution in [3.05, 3.63) is 77.3 Å². The first-order chi connectivity index (χ1) is 16.5. The molecule has 2 atom stereocenters. The van der Waals surface area contributed by atoms with E-state index >= 15 is 0 Å². The van der Waals surface area contributed by atoms with Crippen LogP contribution < -0.4 is 10.6 Å². The summed E-state index contributed by atoms with van der Waals surface area (Å²) in [7, 11) is 0. The number of halogens is 2. The molecule has 6 nitrogen and oxygen atoms in total. The summed E-state index contributed by atoms with van der Waals surface area (Å²) in [6, 6.07) is 8.66. The maximum Gasteiger partial charge on any atom is 0.217 e. The van der Waals surface area contributed by atoms with Crippen molar-refractivity contribution in [2.45, 2.75) is 59.2 Å². The van der Waals surface area contributed by atoms with Crippen LogP contribution in [-0.4, -0.2) is 34.7 Å². The number of benzene rings is 2. The summed E-state index contributed by atoms with van der Waals surface area (Å²) in [5.74, 6) is -1.10. The summed E-state index contributed by atoms with van der Waals surface area (Å²) in [6.07, 6.45) is 3.03. The average Bonchev–Trinajstić information content (AvgIpc) is 3.26. The van der Waals surface area contributed by atoms with Crippen LogP contribution in [0.15, 0.2) is 53.4 Å². The Morgan fingerprint density at radius 1 is 1.11 bits per heavy atom. The van der Waals surface area contributed by atoms with E-state index in [0.717, 1.165) is 23.6 Å². The van der Waals surface area contributed by atoms with Gasteiger partial charge in [0.1, 0.15) is 11.6 Å². The molecule has 0 spiro atoms.